The first-order valence-corrected chi connectivity index (χ1v) is 11.3. The molecule has 1 amide bonds. The van der Waals surface area contributed by atoms with Gasteiger partial charge in [-0.15, -0.1) is 0 Å². The highest BCUT2D eigenvalue weighted by atomic mass is 16.7. The van der Waals surface area contributed by atoms with Crippen molar-refractivity contribution in [1.82, 2.24) is 10.5 Å². The third kappa shape index (κ3) is 6.42. The van der Waals surface area contributed by atoms with Gasteiger partial charge in [0.25, 0.3) is 0 Å². The number of carboxylic acid groups (broad SMARTS) is 2. The molecule has 3 rings (SSSR count). The molecule has 3 N–H and O–H groups in total. The Balaban J connectivity index is 1.64. The van der Waals surface area contributed by atoms with E-state index in [2.05, 4.69) is 10.5 Å². The number of carboxylic acids is 2. The van der Waals surface area contributed by atoms with Gasteiger partial charge < -0.3 is 19.4 Å². The summed E-state index contributed by atoms with van der Waals surface area (Å²) in [6.07, 6.45) is 2.90. The Labute approximate surface area is 197 Å². The number of hydroxylamine groups is 1. The van der Waals surface area contributed by atoms with Gasteiger partial charge >= 0.3 is 11.9 Å². The first-order valence-electron chi connectivity index (χ1n) is 11.3. The second-order valence-electron chi connectivity index (χ2n) is 8.57. The summed E-state index contributed by atoms with van der Waals surface area (Å²) in [6, 6.07) is 9.24. The number of aromatic nitrogens is 1. The lowest BCUT2D eigenvalue weighted by Gasteiger charge is -2.30. The minimum absolute atomic E-state index is 0.138. The Bertz CT molecular complexity index is 968. The van der Waals surface area contributed by atoms with Crippen LogP contribution in [0, 0.1) is 11.3 Å². The summed E-state index contributed by atoms with van der Waals surface area (Å²) >= 11 is 0. The number of carbonyl (C=O) groups is 3. The van der Waals surface area contributed by atoms with Gasteiger partial charge in [0.1, 0.15) is 0 Å². The molecular formula is C24H30N2O8. The second kappa shape index (κ2) is 11.8. The first kappa shape index (κ1) is 25.4. The van der Waals surface area contributed by atoms with Crippen molar-refractivity contribution in [1.29, 1.82) is 0 Å². The Kier molecular flexibility index (Phi) is 8.78. The van der Waals surface area contributed by atoms with Crippen LogP contribution in [-0.4, -0.2) is 52.9 Å². The molecule has 10 heteroatoms. The molecule has 1 saturated carbocycles. The molecule has 0 saturated heterocycles. The Morgan fingerprint density at radius 2 is 1.85 bits per heavy atom. The van der Waals surface area contributed by atoms with Crippen molar-refractivity contribution in [2.45, 2.75) is 51.0 Å². The number of nitrogens with zero attached hydrogens (tertiary/aromatic N) is 1. The highest BCUT2D eigenvalue weighted by Gasteiger charge is 2.44. The number of methoxy groups -OCH3 is 1. The van der Waals surface area contributed by atoms with Crippen LogP contribution in [0.15, 0.2) is 40.9 Å². The van der Waals surface area contributed by atoms with Gasteiger partial charge in [0.2, 0.25) is 5.91 Å². The van der Waals surface area contributed by atoms with Crippen LogP contribution in [-0.2, 0) is 30.4 Å². The van der Waals surface area contributed by atoms with Gasteiger partial charge in [-0.3, -0.25) is 14.4 Å². The second-order valence-corrected chi connectivity index (χ2v) is 8.57. The standard InChI is InChI=1S/C24H30N2O8/c1-32-12-9-17(21(27)28)14-24(10-5-6-11-24)23(31)26-34-18(22(29)30)13-20-25-15-19(33-20)16-7-3-2-4-8-16/h2-4,7-8,15,17-18H,5-6,9-14H2,1H3,(H,26,31)(H,27,28)(H,29,30)/t17-,18+/m1/s1. The van der Waals surface area contributed by atoms with Crippen LogP contribution in [0.1, 0.15) is 44.4 Å². The fourth-order valence-corrected chi connectivity index (χ4v) is 4.33. The van der Waals surface area contributed by atoms with Gasteiger partial charge in [0, 0.05) is 19.3 Å². The number of nitrogens with one attached hydrogen (secondary N) is 1. The third-order valence-electron chi connectivity index (χ3n) is 6.24. The molecule has 1 fully saturated rings. The smallest absolute Gasteiger partial charge is 0.336 e. The van der Waals surface area contributed by atoms with Gasteiger partial charge in [0.05, 0.1) is 24.0 Å². The van der Waals surface area contributed by atoms with Crippen LogP contribution in [0.2, 0.25) is 0 Å². The molecule has 2 aromatic rings. The lowest BCUT2D eigenvalue weighted by molar-refractivity contribution is -0.165. The first-order chi connectivity index (χ1) is 16.3. The van der Waals surface area contributed by atoms with Gasteiger partial charge in [-0.25, -0.2) is 15.3 Å². The van der Waals surface area contributed by atoms with Crippen LogP contribution < -0.4 is 5.48 Å². The van der Waals surface area contributed by atoms with E-state index in [0.717, 1.165) is 18.4 Å². The number of hydrogen-bond acceptors (Lipinski definition) is 7. The number of amides is 1. The summed E-state index contributed by atoms with van der Waals surface area (Å²) in [5, 5.41) is 19.2. The van der Waals surface area contributed by atoms with E-state index >= 15 is 0 Å². The fraction of sp³-hybridized carbons (Fsp3) is 0.500. The summed E-state index contributed by atoms with van der Waals surface area (Å²) in [5.74, 6) is -2.88. The topological polar surface area (TPSA) is 148 Å². The molecule has 1 aliphatic carbocycles. The Morgan fingerprint density at radius 3 is 2.47 bits per heavy atom. The van der Waals surface area contributed by atoms with Crippen molar-refractivity contribution in [3.05, 3.63) is 42.4 Å². The number of hydrogen-bond donors (Lipinski definition) is 3. The number of oxazole rings is 1. The molecule has 1 heterocycles. The van der Waals surface area contributed by atoms with Gasteiger partial charge in [0.15, 0.2) is 17.8 Å². The summed E-state index contributed by atoms with van der Waals surface area (Å²) < 4.78 is 10.7. The van der Waals surface area contributed by atoms with Crippen molar-refractivity contribution >= 4 is 17.8 Å². The van der Waals surface area contributed by atoms with Gasteiger partial charge in [-0.05, 0) is 25.7 Å². The minimum Gasteiger partial charge on any atom is -0.481 e. The Morgan fingerprint density at radius 1 is 1.15 bits per heavy atom. The average molecular weight is 475 g/mol. The highest BCUT2D eigenvalue weighted by molar-refractivity contribution is 5.83. The van der Waals surface area contributed by atoms with E-state index in [4.69, 9.17) is 14.0 Å². The van der Waals surface area contributed by atoms with E-state index in [9.17, 15) is 24.6 Å². The summed E-state index contributed by atoms with van der Waals surface area (Å²) in [7, 11) is 1.49. The molecule has 184 valence electrons. The van der Waals surface area contributed by atoms with Crippen LogP contribution in [0.4, 0.5) is 0 Å². The number of ether oxygens (including phenoxy) is 1. The molecular weight excluding hydrogens is 444 g/mol. The molecule has 0 spiro atoms. The maximum atomic E-state index is 13.1. The maximum Gasteiger partial charge on any atom is 0.336 e. The highest BCUT2D eigenvalue weighted by Crippen LogP contribution is 2.44. The lowest BCUT2D eigenvalue weighted by Crippen LogP contribution is -2.44. The molecule has 1 aliphatic rings. The average Bonchev–Trinajstić information content (AvgIpc) is 3.50. The molecule has 0 aliphatic heterocycles. The number of benzene rings is 1. The quantitative estimate of drug-likeness (QED) is 0.372. The minimum atomic E-state index is -1.42. The molecule has 0 unspecified atom stereocenters. The van der Waals surface area contributed by atoms with Crippen LogP contribution >= 0.6 is 0 Å². The van der Waals surface area contributed by atoms with Crippen molar-refractivity contribution in [2.24, 2.45) is 11.3 Å². The van der Waals surface area contributed by atoms with E-state index in [-0.39, 0.29) is 31.8 Å². The van der Waals surface area contributed by atoms with Crippen LogP contribution in [0.3, 0.4) is 0 Å². The van der Waals surface area contributed by atoms with Crippen molar-refractivity contribution < 1.29 is 38.6 Å². The zero-order chi connectivity index (χ0) is 24.6. The van der Waals surface area contributed by atoms with Gasteiger partial charge in [-0.1, -0.05) is 43.2 Å². The Hall–Kier alpha value is -3.24. The predicted molar refractivity (Wildman–Crippen MR) is 119 cm³/mol. The molecule has 10 nitrogen and oxygen atoms in total. The predicted octanol–water partition coefficient (Wildman–Crippen LogP) is 3.07. The molecule has 2 atom stereocenters. The number of carbonyl (C=O) groups excluding carboxylic acids is 1. The van der Waals surface area contributed by atoms with E-state index in [0.29, 0.717) is 18.6 Å². The van der Waals surface area contributed by atoms with E-state index in [1.165, 1.54) is 13.3 Å². The molecule has 1 aromatic heterocycles. The zero-order valence-electron chi connectivity index (χ0n) is 19.1. The lowest BCUT2D eigenvalue weighted by atomic mass is 9.76. The SMILES string of the molecule is COCC[C@H](CC1(C(=O)NO[C@@H](Cc2ncc(-c3ccccc3)o2)C(=O)O)CCCC1)C(=O)O. The van der Waals surface area contributed by atoms with Crippen molar-refractivity contribution in [3.8, 4) is 11.3 Å². The normalized spacial score (nSPS) is 16.6. The summed E-state index contributed by atoms with van der Waals surface area (Å²) in [5.41, 5.74) is 2.16. The van der Waals surface area contributed by atoms with Crippen LogP contribution in [0.5, 0.6) is 0 Å². The molecule has 34 heavy (non-hydrogen) atoms. The summed E-state index contributed by atoms with van der Waals surface area (Å²) in [4.78, 5) is 45.9. The third-order valence-corrected chi connectivity index (χ3v) is 6.24. The van der Waals surface area contributed by atoms with E-state index in [1.807, 2.05) is 30.3 Å². The van der Waals surface area contributed by atoms with E-state index in [1.54, 1.807) is 0 Å². The van der Waals surface area contributed by atoms with Crippen LogP contribution in [0.25, 0.3) is 11.3 Å². The number of rotatable bonds is 13. The monoisotopic (exact) mass is 474 g/mol. The summed E-state index contributed by atoms with van der Waals surface area (Å²) in [6.45, 7) is 0.271. The molecule has 0 bridgehead atoms. The van der Waals surface area contributed by atoms with E-state index < -0.39 is 35.3 Å². The van der Waals surface area contributed by atoms with Crippen molar-refractivity contribution in [2.75, 3.05) is 13.7 Å². The molecule has 1 aromatic carbocycles. The maximum absolute atomic E-state index is 13.1. The number of aliphatic carboxylic acids is 2. The fourth-order valence-electron chi connectivity index (χ4n) is 4.33. The van der Waals surface area contributed by atoms with Gasteiger partial charge in [-0.2, -0.15) is 0 Å². The largest absolute Gasteiger partial charge is 0.481 e. The van der Waals surface area contributed by atoms with Crippen molar-refractivity contribution in [3.63, 3.8) is 0 Å². The molecule has 0 radical (unpaired) electrons. The zero-order valence-corrected chi connectivity index (χ0v) is 19.1.